The molecule has 0 bridgehead atoms. The van der Waals surface area contributed by atoms with Crippen LogP contribution in [0.1, 0.15) is 37.7 Å². The Balaban J connectivity index is 0.00000171. The molecule has 2 aromatic heterocycles. The molecule has 6 nitrogen and oxygen atoms in total. The molecule has 3 atom stereocenters. The van der Waals surface area contributed by atoms with E-state index in [2.05, 4.69) is 17.2 Å². The zero-order valence-electron chi connectivity index (χ0n) is 18.1. The van der Waals surface area contributed by atoms with E-state index in [1.807, 2.05) is 48.6 Å². The molecule has 1 saturated carbocycles. The summed E-state index contributed by atoms with van der Waals surface area (Å²) >= 11 is 0. The average molecular weight is 499 g/mol. The lowest BCUT2D eigenvalue weighted by molar-refractivity contribution is 0.314. The van der Waals surface area contributed by atoms with Crippen LogP contribution in [0.3, 0.4) is 0 Å². The Morgan fingerprint density at radius 3 is 2.56 bits per heavy atom. The summed E-state index contributed by atoms with van der Waals surface area (Å²) < 4.78 is 5.42. The van der Waals surface area contributed by atoms with Crippen molar-refractivity contribution in [1.29, 1.82) is 0 Å². The number of nitrogens with one attached hydrogen (secondary N) is 1. The highest BCUT2D eigenvalue weighted by atomic mass is 35.5. The zero-order chi connectivity index (χ0) is 20.2. The molecule has 2 heterocycles. The summed E-state index contributed by atoms with van der Waals surface area (Å²) in [4.78, 5) is 13.9. The summed E-state index contributed by atoms with van der Waals surface area (Å²) in [6.07, 6.45) is 8.69. The smallest absolute Gasteiger partial charge is 0.155 e. The minimum atomic E-state index is 0. The number of pyridine rings is 1. The summed E-state index contributed by atoms with van der Waals surface area (Å²) in [5, 5.41) is 4.63. The summed E-state index contributed by atoms with van der Waals surface area (Å²) in [5.41, 5.74) is 7.89. The SMILES string of the molecule is COc1ccc2nc(/C=C/c3ccccn3)nc(NC3CCC(N)CC3C)c2c1.Cl.Cl.Cl. The predicted molar refractivity (Wildman–Crippen MR) is 139 cm³/mol. The molecule has 3 aromatic rings. The monoisotopic (exact) mass is 497 g/mol. The highest BCUT2D eigenvalue weighted by Crippen LogP contribution is 2.30. The van der Waals surface area contributed by atoms with Gasteiger partial charge in [-0.3, -0.25) is 4.98 Å². The molecule has 3 unspecified atom stereocenters. The van der Waals surface area contributed by atoms with E-state index in [9.17, 15) is 0 Å². The van der Waals surface area contributed by atoms with Gasteiger partial charge in [0.2, 0.25) is 0 Å². The average Bonchev–Trinajstić information content (AvgIpc) is 2.74. The molecule has 0 aliphatic heterocycles. The molecule has 1 aliphatic rings. The maximum atomic E-state index is 6.14. The number of hydrogen-bond donors (Lipinski definition) is 2. The van der Waals surface area contributed by atoms with Gasteiger partial charge in [0.05, 0.1) is 18.3 Å². The van der Waals surface area contributed by atoms with Crippen molar-refractivity contribution in [3.8, 4) is 5.75 Å². The van der Waals surface area contributed by atoms with Gasteiger partial charge in [-0.05, 0) is 67.7 Å². The number of aromatic nitrogens is 3. The van der Waals surface area contributed by atoms with Gasteiger partial charge in [-0.25, -0.2) is 9.97 Å². The number of rotatable bonds is 5. The van der Waals surface area contributed by atoms with Gasteiger partial charge in [-0.1, -0.05) is 13.0 Å². The van der Waals surface area contributed by atoms with Crippen molar-refractivity contribution >= 4 is 66.1 Å². The number of methoxy groups -OCH3 is 1. The van der Waals surface area contributed by atoms with Gasteiger partial charge in [0, 0.05) is 23.7 Å². The highest BCUT2D eigenvalue weighted by molar-refractivity contribution is 5.91. The molecule has 4 rings (SSSR count). The van der Waals surface area contributed by atoms with E-state index in [1.165, 1.54) is 0 Å². The highest BCUT2D eigenvalue weighted by Gasteiger charge is 2.26. The van der Waals surface area contributed by atoms with Gasteiger partial charge in [0.15, 0.2) is 5.82 Å². The molecule has 1 aliphatic carbocycles. The first-order chi connectivity index (χ1) is 14.1. The van der Waals surface area contributed by atoms with E-state index in [0.29, 0.717) is 23.8 Å². The Morgan fingerprint density at radius 1 is 1.06 bits per heavy atom. The number of anilines is 1. The van der Waals surface area contributed by atoms with Crippen LogP contribution in [0.4, 0.5) is 5.82 Å². The lowest BCUT2D eigenvalue weighted by Gasteiger charge is -2.33. The van der Waals surface area contributed by atoms with Crippen LogP contribution in [-0.2, 0) is 0 Å². The number of fused-ring (bicyclic) bond motifs is 1. The molecule has 9 heteroatoms. The second-order valence-electron chi connectivity index (χ2n) is 7.70. The van der Waals surface area contributed by atoms with Crippen molar-refractivity contribution in [2.45, 2.75) is 38.3 Å². The van der Waals surface area contributed by atoms with Crippen molar-refractivity contribution in [3.05, 3.63) is 54.1 Å². The van der Waals surface area contributed by atoms with Gasteiger partial charge < -0.3 is 15.8 Å². The lowest BCUT2D eigenvalue weighted by atomic mass is 9.83. The number of nitrogens with zero attached hydrogens (tertiary/aromatic N) is 3. The Bertz CT molecular complexity index is 1020. The van der Waals surface area contributed by atoms with Crippen molar-refractivity contribution in [3.63, 3.8) is 0 Å². The third-order valence-corrected chi connectivity index (χ3v) is 5.54. The molecule has 3 N–H and O–H groups in total. The number of benzene rings is 1. The van der Waals surface area contributed by atoms with Crippen LogP contribution in [-0.4, -0.2) is 34.1 Å². The molecular formula is C23H30Cl3N5O. The first kappa shape index (κ1) is 27.9. The maximum absolute atomic E-state index is 6.14. The molecule has 1 aromatic carbocycles. The molecule has 174 valence electrons. The first-order valence-corrected chi connectivity index (χ1v) is 10.1. The van der Waals surface area contributed by atoms with Gasteiger partial charge in [0.25, 0.3) is 0 Å². The van der Waals surface area contributed by atoms with E-state index in [-0.39, 0.29) is 37.2 Å². The van der Waals surface area contributed by atoms with Crippen molar-refractivity contribution in [2.24, 2.45) is 11.7 Å². The summed E-state index contributed by atoms with van der Waals surface area (Å²) in [5.74, 6) is 2.76. The fourth-order valence-corrected chi connectivity index (χ4v) is 3.90. The largest absolute Gasteiger partial charge is 0.497 e. The van der Waals surface area contributed by atoms with E-state index in [1.54, 1.807) is 13.3 Å². The zero-order valence-corrected chi connectivity index (χ0v) is 20.6. The third kappa shape index (κ3) is 6.69. The maximum Gasteiger partial charge on any atom is 0.155 e. The Hall–Kier alpha value is -2.12. The molecule has 0 spiro atoms. The van der Waals surface area contributed by atoms with Gasteiger partial charge in [-0.15, -0.1) is 37.2 Å². The lowest BCUT2D eigenvalue weighted by Crippen LogP contribution is -2.39. The Morgan fingerprint density at radius 2 is 1.88 bits per heavy atom. The molecule has 32 heavy (non-hydrogen) atoms. The minimum absolute atomic E-state index is 0. The number of nitrogens with two attached hydrogens (primary N) is 1. The molecule has 0 amide bonds. The van der Waals surface area contributed by atoms with Crippen LogP contribution in [0.15, 0.2) is 42.6 Å². The molecular weight excluding hydrogens is 469 g/mol. The molecule has 1 fully saturated rings. The van der Waals surface area contributed by atoms with Crippen LogP contribution in [0.5, 0.6) is 5.75 Å². The van der Waals surface area contributed by atoms with Crippen LogP contribution >= 0.6 is 37.2 Å². The number of hydrogen-bond acceptors (Lipinski definition) is 6. The fourth-order valence-electron chi connectivity index (χ4n) is 3.90. The van der Waals surface area contributed by atoms with Crippen LogP contribution < -0.4 is 15.8 Å². The molecule has 0 radical (unpaired) electrons. The van der Waals surface area contributed by atoms with Gasteiger partial charge in [-0.2, -0.15) is 0 Å². The summed E-state index contributed by atoms with van der Waals surface area (Å²) in [7, 11) is 1.67. The van der Waals surface area contributed by atoms with Gasteiger partial charge in [0.1, 0.15) is 11.6 Å². The minimum Gasteiger partial charge on any atom is -0.497 e. The van der Waals surface area contributed by atoms with E-state index < -0.39 is 0 Å². The van der Waals surface area contributed by atoms with Crippen molar-refractivity contribution < 1.29 is 4.74 Å². The topological polar surface area (TPSA) is 86.0 Å². The van der Waals surface area contributed by atoms with E-state index >= 15 is 0 Å². The van der Waals surface area contributed by atoms with Gasteiger partial charge >= 0.3 is 0 Å². The fraction of sp³-hybridized carbons (Fsp3) is 0.348. The van der Waals surface area contributed by atoms with Crippen LogP contribution in [0.2, 0.25) is 0 Å². The standard InChI is InChI=1S/C23H27N5O.3ClH/c1-15-13-16(24)6-9-20(15)27-23-19-14-18(29-2)8-10-21(19)26-22(28-23)11-7-17-5-3-4-12-25-17;;;/h3-5,7-8,10-12,14-16,20H,6,9,13,24H2,1-2H3,(H,26,27,28);3*1H/b11-7+;;;. The second kappa shape index (κ2) is 12.8. The number of halogens is 3. The molecule has 0 saturated heterocycles. The van der Waals surface area contributed by atoms with Crippen molar-refractivity contribution in [2.75, 3.05) is 12.4 Å². The summed E-state index contributed by atoms with van der Waals surface area (Å²) in [6.45, 7) is 2.25. The van der Waals surface area contributed by atoms with Crippen LogP contribution in [0.25, 0.3) is 23.1 Å². The quantitative estimate of drug-likeness (QED) is 0.490. The van der Waals surface area contributed by atoms with E-state index in [4.69, 9.17) is 20.4 Å². The summed E-state index contributed by atoms with van der Waals surface area (Å²) in [6, 6.07) is 12.3. The van der Waals surface area contributed by atoms with E-state index in [0.717, 1.165) is 47.4 Å². The number of ether oxygens (including phenoxy) is 1. The Labute approximate surface area is 207 Å². The second-order valence-corrected chi connectivity index (χ2v) is 7.70. The first-order valence-electron chi connectivity index (χ1n) is 10.1. The normalized spacial score (nSPS) is 20.0. The predicted octanol–water partition coefficient (Wildman–Crippen LogP) is 5.40. The Kier molecular flexibility index (Phi) is 11.2. The van der Waals surface area contributed by atoms with Crippen molar-refractivity contribution in [1.82, 2.24) is 15.0 Å². The van der Waals surface area contributed by atoms with Crippen LogP contribution in [0, 0.1) is 5.92 Å². The third-order valence-electron chi connectivity index (χ3n) is 5.54.